The first-order valence-corrected chi connectivity index (χ1v) is 9.34. The van der Waals surface area contributed by atoms with Gasteiger partial charge in [-0.05, 0) is 23.4 Å². The van der Waals surface area contributed by atoms with Crippen LogP contribution in [0.15, 0.2) is 47.8 Å². The van der Waals surface area contributed by atoms with E-state index in [1.165, 1.54) is 16.6 Å². The van der Waals surface area contributed by atoms with Gasteiger partial charge in [0.15, 0.2) is 6.61 Å². The van der Waals surface area contributed by atoms with Crippen LogP contribution in [0.4, 0.5) is 0 Å². The Morgan fingerprint density at radius 3 is 2.70 bits per heavy atom. The second-order valence-electron chi connectivity index (χ2n) is 4.82. The number of ether oxygens (including phenoxy) is 1. The minimum absolute atomic E-state index is 0.215. The Bertz CT molecular complexity index is 600. The molecule has 0 saturated heterocycles. The third kappa shape index (κ3) is 7.34. The van der Waals surface area contributed by atoms with Crippen molar-refractivity contribution in [2.75, 3.05) is 18.9 Å². The van der Waals surface area contributed by atoms with Crippen LogP contribution < -0.4 is 5.32 Å². The highest BCUT2D eigenvalue weighted by atomic mass is 32.2. The highest BCUT2D eigenvalue weighted by molar-refractivity contribution is 7.99. The highest BCUT2D eigenvalue weighted by Gasteiger charge is 2.07. The summed E-state index contributed by atoms with van der Waals surface area (Å²) in [6.07, 6.45) is 0.761. The Balaban J connectivity index is 1.52. The maximum atomic E-state index is 11.6. The van der Waals surface area contributed by atoms with E-state index in [9.17, 15) is 9.59 Å². The number of esters is 1. The summed E-state index contributed by atoms with van der Waals surface area (Å²) in [5, 5.41) is 4.75. The van der Waals surface area contributed by atoms with Gasteiger partial charge < -0.3 is 10.1 Å². The predicted octanol–water partition coefficient (Wildman–Crippen LogP) is 2.88. The molecule has 0 bridgehead atoms. The molecule has 0 spiro atoms. The molecule has 0 radical (unpaired) electrons. The van der Waals surface area contributed by atoms with Gasteiger partial charge in [0.2, 0.25) is 0 Å². The summed E-state index contributed by atoms with van der Waals surface area (Å²) in [7, 11) is 0. The molecule has 0 aliphatic rings. The number of carbonyl (C=O) groups excluding carboxylic acids is 2. The van der Waals surface area contributed by atoms with Gasteiger partial charge in [0.05, 0.1) is 5.75 Å². The van der Waals surface area contributed by atoms with E-state index in [0.717, 1.165) is 17.7 Å². The van der Waals surface area contributed by atoms with E-state index < -0.39 is 0 Å². The monoisotopic (exact) mass is 349 g/mol. The van der Waals surface area contributed by atoms with Gasteiger partial charge in [0.25, 0.3) is 5.91 Å². The number of carbonyl (C=O) groups is 2. The van der Waals surface area contributed by atoms with Crippen molar-refractivity contribution >= 4 is 35.0 Å². The third-order valence-electron chi connectivity index (χ3n) is 2.99. The van der Waals surface area contributed by atoms with Crippen molar-refractivity contribution in [3.8, 4) is 0 Å². The normalized spacial score (nSPS) is 10.3. The van der Waals surface area contributed by atoms with Crippen LogP contribution in [0.1, 0.15) is 10.4 Å². The molecule has 23 heavy (non-hydrogen) atoms. The largest absolute Gasteiger partial charge is 0.455 e. The number of hydrogen-bond acceptors (Lipinski definition) is 5. The molecule has 1 N–H and O–H groups in total. The van der Waals surface area contributed by atoms with Crippen LogP contribution in [0.25, 0.3) is 0 Å². The lowest BCUT2D eigenvalue weighted by molar-refractivity contribution is -0.145. The standard InChI is InChI=1S/C17H19NO3S2/c19-16(18-9-8-14-5-2-1-3-6-14)11-21-17(20)13-22-12-15-7-4-10-23-15/h1-7,10H,8-9,11-13H2,(H,18,19). The van der Waals surface area contributed by atoms with Crippen molar-refractivity contribution in [2.45, 2.75) is 12.2 Å². The molecule has 2 aromatic rings. The molecule has 0 aliphatic carbocycles. The van der Waals surface area contributed by atoms with Gasteiger partial charge in [0, 0.05) is 17.2 Å². The molecule has 4 nitrogen and oxygen atoms in total. The quantitative estimate of drug-likeness (QED) is 0.707. The molecule has 1 amide bonds. The molecule has 0 atom stereocenters. The molecule has 1 aromatic carbocycles. The maximum absolute atomic E-state index is 11.6. The smallest absolute Gasteiger partial charge is 0.316 e. The van der Waals surface area contributed by atoms with Crippen LogP contribution in [0.3, 0.4) is 0 Å². The van der Waals surface area contributed by atoms with E-state index in [2.05, 4.69) is 5.32 Å². The number of thiophene rings is 1. The van der Waals surface area contributed by atoms with E-state index >= 15 is 0 Å². The average molecular weight is 349 g/mol. The van der Waals surface area contributed by atoms with E-state index in [1.54, 1.807) is 11.3 Å². The average Bonchev–Trinajstić information content (AvgIpc) is 3.07. The third-order valence-corrected chi connectivity index (χ3v) is 5.00. The van der Waals surface area contributed by atoms with Gasteiger partial charge in [-0.15, -0.1) is 23.1 Å². The summed E-state index contributed by atoms with van der Waals surface area (Å²) in [4.78, 5) is 24.4. The fourth-order valence-electron chi connectivity index (χ4n) is 1.86. The zero-order chi connectivity index (χ0) is 16.3. The summed E-state index contributed by atoms with van der Waals surface area (Å²) in [6.45, 7) is 0.320. The van der Waals surface area contributed by atoms with Crippen LogP contribution >= 0.6 is 23.1 Å². The number of benzene rings is 1. The van der Waals surface area contributed by atoms with Gasteiger partial charge >= 0.3 is 5.97 Å². The van der Waals surface area contributed by atoms with Crippen LogP contribution in [0, 0.1) is 0 Å². The summed E-state index contributed by atoms with van der Waals surface area (Å²) in [5.74, 6) is 0.424. The van der Waals surface area contributed by atoms with Crippen LogP contribution in [-0.4, -0.2) is 30.8 Å². The van der Waals surface area contributed by atoms with E-state index in [0.29, 0.717) is 6.54 Å². The fraction of sp³-hybridized carbons (Fsp3) is 0.294. The number of rotatable bonds is 9. The summed E-state index contributed by atoms with van der Waals surface area (Å²) >= 11 is 3.15. The van der Waals surface area contributed by atoms with Crippen LogP contribution in [0.5, 0.6) is 0 Å². The van der Waals surface area contributed by atoms with Gasteiger partial charge in [-0.3, -0.25) is 9.59 Å². The second kappa shape index (κ2) is 10.1. The second-order valence-corrected chi connectivity index (χ2v) is 6.84. The number of thioether (sulfide) groups is 1. The molecule has 1 aromatic heterocycles. The topological polar surface area (TPSA) is 55.4 Å². The summed E-state index contributed by atoms with van der Waals surface area (Å²) < 4.78 is 4.96. The highest BCUT2D eigenvalue weighted by Crippen LogP contribution is 2.16. The van der Waals surface area contributed by atoms with Crippen molar-refractivity contribution < 1.29 is 14.3 Å². The molecular weight excluding hydrogens is 330 g/mol. The Hall–Kier alpha value is -1.79. The number of hydrogen-bond donors (Lipinski definition) is 1. The van der Waals surface area contributed by atoms with Gasteiger partial charge in [0.1, 0.15) is 0 Å². The Morgan fingerprint density at radius 2 is 1.96 bits per heavy atom. The first-order valence-electron chi connectivity index (χ1n) is 7.30. The van der Waals surface area contributed by atoms with Crippen LogP contribution in [0.2, 0.25) is 0 Å². The van der Waals surface area contributed by atoms with E-state index in [4.69, 9.17) is 4.74 Å². The molecular formula is C17H19NO3S2. The fourth-order valence-corrected chi connectivity index (χ4v) is 3.52. The lowest BCUT2D eigenvalue weighted by Gasteiger charge is -2.06. The molecule has 1 heterocycles. The molecule has 0 fully saturated rings. The molecule has 6 heteroatoms. The summed E-state index contributed by atoms with van der Waals surface area (Å²) in [5.41, 5.74) is 1.16. The number of amides is 1. The lowest BCUT2D eigenvalue weighted by atomic mass is 10.1. The molecule has 0 unspecified atom stereocenters. The van der Waals surface area contributed by atoms with Crippen molar-refractivity contribution in [2.24, 2.45) is 0 Å². The molecule has 122 valence electrons. The zero-order valence-corrected chi connectivity index (χ0v) is 14.3. The van der Waals surface area contributed by atoms with E-state index in [-0.39, 0.29) is 24.2 Å². The first-order chi connectivity index (χ1) is 11.2. The van der Waals surface area contributed by atoms with Crippen molar-refractivity contribution in [3.05, 3.63) is 58.3 Å². The van der Waals surface area contributed by atoms with Crippen molar-refractivity contribution in [3.63, 3.8) is 0 Å². The Morgan fingerprint density at radius 1 is 1.13 bits per heavy atom. The zero-order valence-electron chi connectivity index (χ0n) is 12.7. The van der Waals surface area contributed by atoms with Crippen molar-refractivity contribution in [1.82, 2.24) is 5.32 Å². The minimum atomic E-state index is -0.357. The predicted molar refractivity (Wildman–Crippen MR) is 94.6 cm³/mol. The van der Waals surface area contributed by atoms with Gasteiger partial charge in [-0.2, -0.15) is 0 Å². The maximum Gasteiger partial charge on any atom is 0.316 e. The molecule has 0 aliphatic heterocycles. The minimum Gasteiger partial charge on any atom is -0.455 e. The van der Waals surface area contributed by atoms with Crippen molar-refractivity contribution in [1.29, 1.82) is 0 Å². The summed E-state index contributed by atoms with van der Waals surface area (Å²) in [6, 6.07) is 13.9. The van der Waals surface area contributed by atoms with Crippen LogP contribution in [-0.2, 0) is 26.5 Å². The van der Waals surface area contributed by atoms with E-state index in [1.807, 2.05) is 47.8 Å². The van der Waals surface area contributed by atoms with Gasteiger partial charge in [-0.25, -0.2) is 0 Å². The SMILES string of the molecule is O=C(COC(=O)CSCc1cccs1)NCCc1ccccc1. The molecule has 0 saturated carbocycles. The van der Waals surface area contributed by atoms with Gasteiger partial charge in [-0.1, -0.05) is 36.4 Å². The Labute approximate surface area is 144 Å². The number of nitrogens with one attached hydrogen (secondary N) is 1. The lowest BCUT2D eigenvalue weighted by Crippen LogP contribution is -2.30. The first kappa shape index (κ1) is 17.6. The molecule has 2 rings (SSSR count). The Kier molecular flexibility index (Phi) is 7.69.